The molecule has 6 nitrogen and oxygen atoms in total. The zero-order chi connectivity index (χ0) is 15.4. The summed E-state index contributed by atoms with van der Waals surface area (Å²) >= 11 is 0. The van der Waals surface area contributed by atoms with Gasteiger partial charge in [-0.25, -0.2) is 22.0 Å². The molecule has 1 atom stereocenters. The van der Waals surface area contributed by atoms with Crippen LogP contribution in [0.4, 0.5) is 0 Å². The lowest BCUT2D eigenvalue weighted by molar-refractivity contribution is 0.562. The maximum atomic E-state index is 11.1. The lowest BCUT2D eigenvalue weighted by Crippen LogP contribution is -2.34. The lowest BCUT2D eigenvalue weighted by atomic mass is 10.1. The van der Waals surface area contributed by atoms with Crippen LogP contribution < -0.4 is 10.5 Å². The van der Waals surface area contributed by atoms with Gasteiger partial charge in [0, 0.05) is 12.3 Å². The normalized spacial score (nSPS) is 14.2. The minimum atomic E-state index is -3.66. The van der Waals surface area contributed by atoms with Gasteiger partial charge in [0.05, 0.1) is 10.6 Å². The number of benzene rings is 1. The van der Waals surface area contributed by atoms with Crippen LogP contribution in [-0.2, 0) is 26.3 Å². The quantitative estimate of drug-likeness (QED) is 0.729. The standard InChI is InChI=1S/C12H20N2O4S2/c1-10(9-19(2,15)16)14-8-7-11-3-5-12(6-4-11)20(13,17)18/h3-6,10,14H,7-9H2,1-2H3,(H2,13,17,18). The number of primary sulfonamides is 1. The number of rotatable bonds is 7. The molecule has 1 aromatic carbocycles. The molecule has 1 rings (SSSR count). The van der Waals surface area contributed by atoms with Gasteiger partial charge in [0.1, 0.15) is 9.84 Å². The van der Waals surface area contributed by atoms with E-state index in [1.807, 2.05) is 6.92 Å². The summed E-state index contributed by atoms with van der Waals surface area (Å²) in [7, 11) is -6.64. The van der Waals surface area contributed by atoms with E-state index in [2.05, 4.69) is 5.32 Å². The molecule has 8 heteroatoms. The Kier molecular flexibility index (Phi) is 5.69. The minimum absolute atomic E-state index is 0.0830. The molecule has 1 aromatic rings. The highest BCUT2D eigenvalue weighted by Gasteiger charge is 2.10. The zero-order valence-electron chi connectivity index (χ0n) is 11.5. The average Bonchev–Trinajstić information content (AvgIpc) is 2.26. The van der Waals surface area contributed by atoms with Gasteiger partial charge in [0.25, 0.3) is 0 Å². The molecule has 0 aliphatic heterocycles. The van der Waals surface area contributed by atoms with Crippen molar-refractivity contribution in [1.29, 1.82) is 0 Å². The van der Waals surface area contributed by atoms with E-state index in [0.717, 1.165) is 5.56 Å². The van der Waals surface area contributed by atoms with Crippen LogP contribution in [0.5, 0.6) is 0 Å². The highest BCUT2D eigenvalue weighted by molar-refractivity contribution is 7.90. The first-order valence-corrected chi connectivity index (χ1v) is 9.71. The molecule has 0 heterocycles. The number of nitrogens with one attached hydrogen (secondary N) is 1. The second-order valence-corrected chi connectivity index (χ2v) is 8.63. The van der Waals surface area contributed by atoms with Crippen molar-refractivity contribution in [1.82, 2.24) is 5.32 Å². The zero-order valence-corrected chi connectivity index (χ0v) is 13.2. The van der Waals surface area contributed by atoms with Crippen molar-refractivity contribution < 1.29 is 16.8 Å². The molecular weight excluding hydrogens is 300 g/mol. The molecule has 0 bridgehead atoms. The molecule has 0 aliphatic rings. The van der Waals surface area contributed by atoms with E-state index in [1.165, 1.54) is 18.4 Å². The molecule has 114 valence electrons. The molecule has 0 amide bonds. The molecule has 20 heavy (non-hydrogen) atoms. The topological polar surface area (TPSA) is 106 Å². The Labute approximate surface area is 120 Å². The smallest absolute Gasteiger partial charge is 0.238 e. The summed E-state index contributed by atoms with van der Waals surface area (Å²) in [5, 5.41) is 8.12. The molecule has 0 aliphatic carbocycles. The van der Waals surface area contributed by atoms with E-state index in [1.54, 1.807) is 12.1 Å². The van der Waals surface area contributed by atoms with Crippen molar-refractivity contribution in [2.24, 2.45) is 5.14 Å². The van der Waals surface area contributed by atoms with E-state index >= 15 is 0 Å². The number of sulfonamides is 1. The number of hydrogen-bond donors (Lipinski definition) is 2. The van der Waals surface area contributed by atoms with Crippen LogP contribution >= 0.6 is 0 Å². The van der Waals surface area contributed by atoms with E-state index in [0.29, 0.717) is 13.0 Å². The maximum absolute atomic E-state index is 11.1. The van der Waals surface area contributed by atoms with E-state index in [4.69, 9.17) is 5.14 Å². The van der Waals surface area contributed by atoms with Crippen molar-refractivity contribution in [3.05, 3.63) is 29.8 Å². The minimum Gasteiger partial charge on any atom is -0.313 e. The molecule has 0 radical (unpaired) electrons. The van der Waals surface area contributed by atoms with Gasteiger partial charge in [-0.3, -0.25) is 0 Å². The van der Waals surface area contributed by atoms with Gasteiger partial charge >= 0.3 is 0 Å². The maximum Gasteiger partial charge on any atom is 0.238 e. The fourth-order valence-corrected chi connectivity index (χ4v) is 3.36. The summed E-state index contributed by atoms with van der Waals surface area (Å²) in [6.45, 7) is 2.43. The Hall–Kier alpha value is -0.960. The molecule has 0 saturated carbocycles. The average molecular weight is 320 g/mol. The number of nitrogens with two attached hydrogens (primary N) is 1. The molecule has 0 fully saturated rings. The third-order valence-corrected chi connectivity index (χ3v) is 4.75. The van der Waals surface area contributed by atoms with Crippen molar-refractivity contribution in [2.75, 3.05) is 18.6 Å². The monoisotopic (exact) mass is 320 g/mol. The third kappa shape index (κ3) is 6.47. The van der Waals surface area contributed by atoms with Crippen molar-refractivity contribution in [2.45, 2.75) is 24.3 Å². The summed E-state index contributed by atoms with van der Waals surface area (Å²) in [6.07, 6.45) is 1.89. The van der Waals surface area contributed by atoms with Gasteiger partial charge in [-0.05, 0) is 37.6 Å². The van der Waals surface area contributed by atoms with Crippen molar-refractivity contribution >= 4 is 19.9 Å². The van der Waals surface area contributed by atoms with Crippen LogP contribution in [-0.4, -0.2) is 41.4 Å². The Balaban J connectivity index is 2.47. The first-order valence-electron chi connectivity index (χ1n) is 6.11. The predicted molar refractivity (Wildman–Crippen MR) is 78.7 cm³/mol. The highest BCUT2D eigenvalue weighted by Crippen LogP contribution is 2.09. The van der Waals surface area contributed by atoms with E-state index in [9.17, 15) is 16.8 Å². The summed E-state index contributed by atoms with van der Waals surface area (Å²) < 4.78 is 44.4. The fourth-order valence-electron chi connectivity index (χ4n) is 1.82. The molecule has 0 aromatic heterocycles. The van der Waals surface area contributed by atoms with Crippen molar-refractivity contribution in [3.63, 3.8) is 0 Å². The first-order chi connectivity index (χ1) is 9.08. The molecule has 3 N–H and O–H groups in total. The first kappa shape index (κ1) is 17.1. The largest absolute Gasteiger partial charge is 0.313 e. The number of hydrogen-bond acceptors (Lipinski definition) is 5. The third-order valence-electron chi connectivity index (χ3n) is 2.71. The van der Waals surface area contributed by atoms with Gasteiger partial charge in [0.2, 0.25) is 10.0 Å². The molecule has 0 spiro atoms. The Morgan fingerprint density at radius 3 is 2.15 bits per heavy atom. The SMILES string of the molecule is CC(CS(C)(=O)=O)NCCc1ccc(S(N)(=O)=O)cc1. The van der Waals surface area contributed by atoms with Crippen LogP contribution in [0.25, 0.3) is 0 Å². The second-order valence-electron chi connectivity index (χ2n) is 4.89. The van der Waals surface area contributed by atoms with Crippen LogP contribution in [0.3, 0.4) is 0 Å². The second kappa shape index (κ2) is 6.66. The van der Waals surface area contributed by atoms with Gasteiger partial charge in [0.15, 0.2) is 0 Å². The van der Waals surface area contributed by atoms with Crippen LogP contribution in [0.15, 0.2) is 29.2 Å². The Morgan fingerprint density at radius 2 is 1.70 bits per heavy atom. The van der Waals surface area contributed by atoms with Gasteiger partial charge in [-0.2, -0.15) is 0 Å². The summed E-state index contributed by atoms with van der Waals surface area (Å²) in [5.74, 6) is 0.0946. The van der Waals surface area contributed by atoms with E-state index < -0.39 is 19.9 Å². The molecule has 0 saturated heterocycles. The van der Waals surface area contributed by atoms with Gasteiger partial charge in [-0.15, -0.1) is 0 Å². The van der Waals surface area contributed by atoms with Crippen LogP contribution in [0.2, 0.25) is 0 Å². The summed E-state index contributed by atoms with van der Waals surface area (Å²) in [6, 6.07) is 6.20. The fraction of sp³-hybridized carbons (Fsp3) is 0.500. The summed E-state index contributed by atoms with van der Waals surface area (Å²) in [4.78, 5) is 0.0830. The Morgan fingerprint density at radius 1 is 1.15 bits per heavy atom. The van der Waals surface area contributed by atoms with Crippen molar-refractivity contribution in [3.8, 4) is 0 Å². The summed E-state index contributed by atoms with van der Waals surface area (Å²) in [5.41, 5.74) is 0.955. The molecular formula is C12H20N2O4S2. The Bertz CT molecular complexity index is 637. The van der Waals surface area contributed by atoms with Gasteiger partial charge in [-0.1, -0.05) is 12.1 Å². The lowest BCUT2D eigenvalue weighted by Gasteiger charge is -2.12. The van der Waals surface area contributed by atoms with E-state index in [-0.39, 0.29) is 16.7 Å². The van der Waals surface area contributed by atoms with Crippen LogP contribution in [0.1, 0.15) is 12.5 Å². The van der Waals surface area contributed by atoms with Crippen LogP contribution in [0, 0.1) is 0 Å². The highest BCUT2D eigenvalue weighted by atomic mass is 32.2. The van der Waals surface area contributed by atoms with Gasteiger partial charge < -0.3 is 5.32 Å². The predicted octanol–water partition coefficient (Wildman–Crippen LogP) is -0.101. The number of sulfone groups is 1. The molecule has 1 unspecified atom stereocenters.